The third kappa shape index (κ3) is 3.67. The highest BCUT2D eigenvalue weighted by molar-refractivity contribution is 6.31. The molecule has 0 bridgehead atoms. The normalized spacial score (nSPS) is 14.5. The van der Waals surface area contributed by atoms with Gasteiger partial charge in [0.1, 0.15) is 5.75 Å². The van der Waals surface area contributed by atoms with E-state index in [2.05, 4.69) is 27.1 Å². The number of phenols is 1. The number of likely N-dealkylation sites (tertiary alicyclic amines) is 1. The maximum Gasteiger partial charge on any atom is 0.189 e. The molecule has 0 radical (unpaired) electrons. The van der Waals surface area contributed by atoms with Crippen LogP contribution in [-0.2, 0) is 0 Å². The topological polar surface area (TPSA) is 92.6 Å². The number of imidazole rings is 1. The molecule has 1 fully saturated rings. The number of anilines is 1. The Balaban J connectivity index is 0.000000258. The van der Waals surface area contributed by atoms with Gasteiger partial charge in [-0.15, -0.1) is 10.2 Å². The Morgan fingerprint density at radius 3 is 2.52 bits per heavy atom. The summed E-state index contributed by atoms with van der Waals surface area (Å²) in [5.41, 5.74) is 7.55. The van der Waals surface area contributed by atoms with Crippen LogP contribution in [0.2, 0.25) is 5.02 Å². The third-order valence-electron chi connectivity index (χ3n) is 4.18. The molecule has 132 valence electrons. The summed E-state index contributed by atoms with van der Waals surface area (Å²) >= 11 is 5.90. The molecule has 0 spiro atoms. The molecule has 1 aliphatic rings. The summed E-state index contributed by atoms with van der Waals surface area (Å²) in [7, 11) is 2.17. The maximum absolute atomic E-state index is 10.1. The highest BCUT2D eigenvalue weighted by Gasteiger charge is 2.16. The first-order valence-corrected chi connectivity index (χ1v) is 8.48. The Kier molecular flexibility index (Phi) is 5.06. The predicted octanol–water partition coefficient (Wildman–Crippen LogP) is 2.75. The van der Waals surface area contributed by atoms with Crippen molar-refractivity contribution in [2.45, 2.75) is 19.8 Å². The van der Waals surface area contributed by atoms with E-state index in [1.165, 1.54) is 32.0 Å². The molecule has 1 saturated heterocycles. The van der Waals surface area contributed by atoms with Gasteiger partial charge in [0, 0.05) is 17.4 Å². The van der Waals surface area contributed by atoms with Crippen LogP contribution in [0.15, 0.2) is 24.5 Å². The molecule has 7 nitrogen and oxygen atoms in total. The fraction of sp³-hybridized carbons (Fsp3) is 0.353. The van der Waals surface area contributed by atoms with Gasteiger partial charge >= 0.3 is 0 Å². The molecular weight excluding hydrogens is 340 g/mol. The lowest BCUT2D eigenvalue weighted by Gasteiger charge is -2.10. The number of nitrogen functional groups attached to an aromatic ring is 1. The van der Waals surface area contributed by atoms with Gasteiger partial charge in [-0.1, -0.05) is 11.6 Å². The Morgan fingerprint density at radius 1 is 1.20 bits per heavy atom. The van der Waals surface area contributed by atoms with E-state index >= 15 is 0 Å². The molecule has 0 unspecified atom stereocenters. The van der Waals surface area contributed by atoms with Crippen LogP contribution in [-0.4, -0.2) is 49.7 Å². The number of rotatable bonds is 1. The van der Waals surface area contributed by atoms with Crippen LogP contribution in [0.3, 0.4) is 0 Å². The number of hydrogen-bond acceptors (Lipinski definition) is 6. The highest BCUT2D eigenvalue weighted by atomic mass is 35.5. The highest BCUT2D eigenvalue weighted by Crippen LogP contribution is 2.34. The van der Waals surface area contributed by atoms with Crippen molar-refractivity contribution < 1.29 is 5.11 Å². The second-order valence-electron chi connectivity index (χ2n) is 6.16. The summed E-state index contributed by atoms with van der Waals surface area (Å²) in [6, 6.07) is 3.21. The van der Waals surface area contributed by atoms with Gasteiger partial charge in [-0.05, 0) is 57.6 Å². The lowest BCUT2D eigenvalue weighted by molar-refractivity contribution is 0.418. The first-order valence-electron chi connectivity index (χ1n) is 8.10. The van der Waals surface area contributed by atoms with Gasteiger partial charge in [0.2, 0.25) is 0 Å². The number of aromatic nitrogens is 4. The van der Waals surface area contributed by atoms with Crippen molar-refractivity contribution in [3.8, 4) is 17.1 Å². The van der Waals surface area contributed by atoms with Crippen LogP contribution < -0.4 is 5.73 Å². The fourth-order valence-electron chi connectivity index (χ4n) is 2.92. The molecule has 0 aliphatic carbocycles. The Hall–Kier alpha value is -2.38. The first-order chi connectivity index (χ1) is 12.0. The second kappa shape index (κ2) is 7.25. The minimum Gasteiger partial charge on any atom is -0.507 e. The molecule has 1 aromatic carbocycles. The summed E-state index contributed by atoms with van der Waals surface area (Å²) in [4.78, 5) is 6.47. The molecule has 25 heavy (non-hydrogen) atoms. The van der Waals surface area contributed by atoms with Crippen molar-refractivity contribution in [1.82, 2.24) is 24.5 Å². The van der Waals surface area contributed by atoms with Crippen LogP contribution in [0, 0.1) is 6.92 Å². The first kappa shape index (κ1) is 17.4. The number of nitrogens with two attached hydrogens (primary N) is 1. The van der Waals surface area contributed by atoms with E-state index in [4.69, 9.17) is 17.3 Å². The van der Waals surface area contributed by atoms with E-state index in [1.54, 1.807) is 22.9 Å². The molecular formula is C17H21ClN6O. The molecule has 3 heterocycles. The van der Waals surface area contributed by atoms with Gasteiger partial charge in [-0.25, -0.2) is 4.98 Å². The van der Waals surface area contributed by atoms with Gasteiger partial charge < -0.3 is 15.7 Å². The zero-order valence-corrected chi connectivity index (χ0v) is 15.0. The van der Waals surface area contributed by atoms with E-state index in [-0.39, 0.29) is 11.6 Å². The SMILES string of the molecule is CN1CCCC1.Cc1cc(Cl)cc(O)c1-c1nnc(N)c2nccn12. The smallest absolute Gasteiger partial charge is 0.189 e. The van der Waals surface area contributed by atoms with Crippen molar-refractivity contribution in [3.05, 3.63) is 35.1 Å². The Morgan fingerprint density at radius 2 is 1.92 bits per heavy atom. The van der Waals surface area contributed by atoms with Crippen molar-refractivity contribution in [3.63, 3.8) is 0 Å². The molecule has 4 rings (SSSR count). The van der Waals surface area contributed by atoms with Gasteiger partial charge in [-0.3, -0.25) is 4.40 Å². The molecule has 2 aromatic heterocycles. The molecule has 3 N–H and O–H groups in total. The van der Waals surface area contributed by atoms with Crippen LogP contribution in [0.25, 0.3) is 17.0 Å². The Labute approximate surface area is 151 Å². The summed E-state index contributed by atoms with van der Waals surface area (Å²) in [6.07, 6.45) is 6.14. The number of aromatic hydroxyl groups is 1. The number of halogens is 1. The summed E-state index contributed by atoms with van der Waals surface area (Å²) in [6.45, 7) is 4.47. The molecule has 0 saturated carbocycles. The average Bonchev–Trinajstić information content (AvgIpc) is 3.21. The lowest BCUT2D eigenvalue weighted by Crippen LogP contribution is -2.10. The van der Waals surface area contributed by atoms with Gasteiger partial charge in [0.05, 0.1) is 5.56 Å². The van der Waals surface area contributed by atoms with E-state index in [0.717, 1.165) is 5.56 Å². The van der Waals surface area contributed by atoms with Crippen LogP contribution in [0.1, 0.15) is 18.4 Å². The summed E-state index contributed by atoms with van der Waals surface area (Å²) in [5.74, 6) is 0.743. The van der Waals surface area contributed by atoms with E-state index in [1.807, 2.05) is 6.92 Å². The third-order valence-corrected chi connectivity index (χ3v) is 4.40. The number of fused-ring (bicyclic) bond motifs is 1. The van der Waals surface area contributed by atoms with Crippen LogP contribution in [0.4, 0.5) is 5.82 Å². The number of nitrogens with zero attached hydrogens (tertiary/aromatic N) is 5. The quantitative estimate of drug-likeness (QED) is 0.693. The van der Waals surface area contributed by atoms with Gasteiger partial charge in [0.25, 0.3) is 0 Å². The van der Waals surface area contributed by atoms with Crippen LogP contribution in [0.5, 0.6) is 5.75 Å². The van der Waals surface area contributed by atoms with E-state index < -0.39 is 0 Å². The van der Waals surface area contributed by atoms with Gasteiger partial charge in [0.15, 0.2) is 17.3 Å². The van der Waals surface area contributed by atoms with E-state index in [0.29, 0.717) is 22.1 Å². The van der Waals surface area contributed by atoms with Crippen LogP contribution >= 0.6 is 11.6 Å². The molecule has 0 atom stereocenters. The molecule has 0 amide bonds. The van der Waals surface area contributed by atoms with Crippen molar-refractivity contribution in [2.24, 2.45) is 0 Å². The lowest BCUT2D eigenvalue weighted by atomic mass is 10.1. The number of hydrogen-bond donors (Lipinski definition) is 2. The largest absolute Gasteiger partial charge is 0.507 e. The van der Waals surface area contributed by atoms with Crippen molar-refractivity contribution >= 4 is 23.1 Å². The zero-order valence-electron chi connectivity index (χ0n) is 14.3. The standard InChI is InChI=1S/C12H10ClN5O.C5H11N/c1-6-4-7(13)5-8(19)9(6)11-17-16-10(14)12-15-2-3-18(11)12;1-6-4-2-3-5-6/h2-5,19H,1H3,(H2,14,16);2-5H2,1H3. The fourth-order valence-corrected chi connectivity index (χ4v) is 3.19. The minimum atomic E-state index is 0.0408. The number of phenolic OH excluding ortho intramolecular Hbond substituents is 1. The zero-order chi connectivity index (χ0) is 18.0. The number of aryl methyl sites for hydroxylation is 1. The monoisotopic (exact) mass is 360 g/mol. The summed E-state index contributed by atoms with van der Waals surface area (Å²) in [5, 5.41) is 18.4. The average molecular weight is 361 g/mol. The molecule has 3 aromatic rings. The van der Waals surface area contributed by atoms with Crippen molar-refractivity contribution in [2.75, 3.05) is 25.9 Å². The summed E-state index contributed by atoms with van der Waals surface area (Å²) < 4.78 is 1.68. The number of benzene rings is 1. The molecule has 1 aliphatic heterocycles. The maximum atomic E-state index is 10.1. The van der Waals surface area contributed by atoms with E-state index in [9.17, 15) is 5.11 Å². The Bertz CT molecular complexity index is 865. The predicted molar refractivity (Wildman–Crippen MR) is 98.8 cm³/mol. The molecule has 8 heteroatoms. The van der Waals surface area contributed by atoms with Gasteiger partial charge in [-0.2, -0.15) is 0 Å². The second-order valence-corrected chi connectivity index (χ2v) is 6.59. The van der Waals surface area contributed by atoms with Crippen molar-refractivity contribution in [1.29, 1.82) is 0 Å². The minimum absolute atomic E-state index is 0.0408.